The molecule has 112 valence electrons. The lowest BCUT2D eigenvalue weighted by molar-refractivity contribution is -0.0511. The van der Waals surface area contributed by atoms with Crippen LogP contribution in [0.2, 0.25) is 0 Å². The lowest BCUT2D eigenvalue weighted by Gasteiger charge is -2.40. The molecule has 0 bridgehead atoms. The first-order valence-electron chi connectivity index (χ1n) is 7.10. The first-order chi connectivity index (χ1) is 9.61. The van der Waals surface area contributed by atoms with E-state index < -0.39 is 6.61 Å². The Hall–Kier alpha value is -1.20. The molecule has 1 heterocycles. The van der Waals surface area contributed by atoms with E-state index >= 15 is 0 Å². The molecule has 5 heteroatoms. The number of rotatable bonds is 5. The Kier molecular flexibility index (Phi) is 5.31. The lowest BCUT2D eigenvalue weighted by Crippen LogP contribution is -2.48. The summed E-state index contributed by atoms with van der Waals surface area (Å²) < 4.78 is 29.5. The number of alkyl halides is 2. The molecule has 0 amide bonds. The van der Waals surface area contributed by atoms with Crippen LogP contribution in [0, 0.1) is 0 Å². The number of hydrogen-bond donors (Lipinski definition) is 1. The van der Waals surface area contributed by atoms with Crippen LogP contribution in [0.1, 0.15) is 31.7 Å². The molecule has 2 N–H and O–H groups in total. The first kappa shape index (κ1) is 15.2. The van der Waals surface area contributed by atoms with Crippen LogP contribution >= 0.6 is 0 Å². The number of nitrogens with two attached hydrogens (primary N) is 1. The van der Waals surface area contributed by atoms with E-state index in [0.29, 0.717) is 25.2 Å². The van der Waals surface area contributed by atoms with Crippen LogP contribution in [0.15, 0.2) is 24.3 Å². The third-order valence-corrected chi connectivity index (χ3v) is 4.01. The van der Waals surface area contributed by atoms with Gasteiger partial charge in [0.2, 0.25) is 0 Å². The number of nitrogens with zero attached hydrogens (tertiary/aromatic N) is 1. The molecule has 1 saturated heterocycles. The molecule has 3 nitrogen and oxygen atoms in total. The fraction of sp³-hybridized carbons (Fsp3) is 0.600. The van der Waals surface area contributed by atoms with Crippen LogP contribution < -0.4 is 10.5 Å². The topological polar surface area (TPSA) is 38.5 Å². The highest BCUT2D eigenvalue weighted by atomic mass is 19.3. The monoisotopic (exact) mass is 284 g/mol. The highest BCUT2D eigenvalue weighted by Gasteiger charge is 2.27. The van der Waals surface area contributed by atoms with E-state index in [0.717, 1.165) is 18.4 Å². The minimum absolute atomic E-state index is 0.260. The van der Waals surface area contributed by atoms with Crippen LogP contribution in [0.5, 0.6) is 5.75 Å². The summed E-state index contributed by atoms with van der Waals surface area (Å²) in [5.41, 5.74) is 6.63. The second kappa shape index (κ2) is 6.99. The van der Waals surface area contributed by atoms with Crippen LogP contribution in [0.4, 0.5) is 8.78 Å². The van der Waals surface area contributed by atoms with E-state index in [1.165, 1.54) is 6.42 Å². The minimum atomic E-state index is -2.79. The molecule has 0 radical (unpaired) electrons. The quantitative estimate of drug-likeness (QED) is 0.903. The van der Waals surface area contributed by atoms with Crippen molar-refractivity contribution in [3.8, 4) is 5.75 Å². The SMILES string of the molecule is CC1CCCC(CN)N1Cc1ccccc1OC(F)F. The molecule has 2 atom stereocenters. The first-order valence-corrected chi connectivity index (χ1v) is 7.10. The predicted molar refractivity (Wildman–Crippen MR) is 74.8 cm³/mol. The Morgan fingerprint density at radius 2 is 2.10 bits per heavy atom. The van der Waals surface area contributed by atoms with Gasteiger partial charge in [-0.2, -0.15) is 8.78 Å². The Morgan fingerprint density at radius 1 is 1.35 bits per heavy atom. The van der Waals surface area contributed by atoms with Gasteiger partial charge < -0.3 is 10.5 Å². The molecule has 20 heavy (non-hydrogen) atoms. The van der Waals surface area contributed by atoms with Gasteiger partial charge in [-0.3, -0.25) is 4.90 Å². The highest BCUT2D eigenvalue weighted by molar-refractivity contribution is 5.33. The molecule has 0 saturated carbocycles. The van der Waals surface area contributed by atoms with Crippen molar-refractivity contribution in [2.24, 2.45) is 5.73 Å². The molecule has 2 unspecified atom stereocenters. The van der Waals surface area contributed by atoms with Gasteiger partial charge in [0.05, 0.1) is 0 Å². The molecule has 0 aromatic heterocycles. The second-order valence-corrected chi connectivity index (χ2v) is 5.33. The fourth-order valence-electron chi connectivity index (χ4n) is 2.92. The van der Waals surface area contributed by atoms with Gasteiger partial charge in [0.15, 0.2) is 0 Å². The average Bonchev–Trinajstić information content (AvgIpc) is 2.42. The third-order valence-electron chi connectivity index (χ3n) is 4.01. The molecular weight excluding hydrogens is 262 g/mol. The van der Waals surface area contributed by atoms with Gasteiger partial charge in [-0.1, -0.05) is 24.6 Å². The number of para-hydroxylation sites is 1. The highest BCUT2D eigenvalue weighted by Crippen LogP contribution is 2.28. The number of hydrogen-bond acceptors (Lipinski definition) is 3. The largest absolute Gasteiger partial charge is 0.434 e. The number of benzene rings is 1. The van der Waals surface area contributed by atoms with Gasteiger partial charge >= 0.3 is 6.61 Å². The van der Waals surface area contributed by atoms with Crippen molar-refractivity contribution in [3.63, 3.8) is 0 Å². The van der Waals surface area contributed by atoms with Gasteiger partial charge in [-0.15, -0.1) is 0 Å². The van der Waals surface area contributed by atoms with Crippen molar-refractivity contribution in [2.75, 3.05) is 6.54 Å². The normalized spacial score (nSPS) is 24.1. The summed E-state index contributed by atoms with van der Waals surface area (Å²) in [6.45, 7) is 0.576. The minimum Gasteiger partial charge on any atom is -0.434 e. The number of ether oxygens (including phenoxy) is 1. The predicted octanol–water partition coefficient (Wildman–Crippen LogP) is 2.99. The van der Waals surface area contributed by atoms with Gasteiger partial charge in [0.25, 0.3) is 0 Å². The van der Waals surface area contributed by atoms with Crippen LogP contribution in [0.25, 0.3) is 0 Å². The zero-order valence-corrected chi connectivity index (χ0v) is 11.8. The number of piperidine rings is 1. The van der Waals surface area contributed by atoms with Crippen molar-refractivity contribution in [1.29, 1.82) is 0 Å². The van der Waals surface area contributed by atoms with Crippen LogP contribution in [-0.2, 0) is 6.54 Å². The second-order valence-electron chi connectivity index (χ2n) is 5.33. The van der Waals surface area contributed by atoms with E-state index in [1.54, 1.807) is 12.1 Å². The van der Waals surface area contributed by atoms with E-state index in [1.807, 2.05) is 12.1 Å². The van der Waals surface area contributed by atoms with Crippen molar-refractivity contribution in [3.05, 3.63) is 29.8 Å². The van der Waals surface area contributed by atoms with Crippen molar-refractivity contribution in [1.82, 2.24) is 4.90 Å². The fourth-order valence-corrected chi connectivity index (χ4v) is 2.92. The molecule has 2 rings (SSSR count). The summed E-state index contributed by atoms with van der Waals surface area (Å²) in [4.78, 5) is 2.30. The molecule has 0 aliphatic carbocycles. The Balaban J connectivity index is 2.15. The summed E-state index contributed by atoms with van der Waals surface area (Å²) in [6, 6.07) is 7.72. The van der Waals surface area contributed by atoms with Gasteiger partial charge in [0.1, 0.15) is 5.75 Å². The Labute approximate surface area is 118 Å². The molecule has 1 aromatic carbocycles. The summed E-state index contributed by atoms with van der Waals surface area (Å²) >= 11 is 0. The molecule has 1 aromatic rings. The standard InChI is InChI=1S/C15H22F2N2O/c1-11-5-4-7-13(9-18)19(11)10-12-6-2-3-8-14(12)20-15(16)17/h2-3,6,8,11,13,15H,4-5,7,9-10,18H2,1H3. The maximum absolute atomic E-state index is 12.4. The van der Waals surface area contributed by atoms with E-state index in [4.69, 9.17) is 5.73 Å². The van der Waals surface area contributed by atoms with Gasteiger partial charge in [-0.05, 0) is 25.8 Å². The van der Waals surface area contributed by atoms with E-state index in [2.05, 4.69) is 16.6 Å². The Bertz CT molecular complexity index is 428. The maximum Gasteiger partial charge on any atom is 0.387 e. The zero-order chi connectivity index (χ0) is 14.5. The lowest BCUT2D eigenvalue weighted by atomic mass is 9.95. The molecule has 1 aliphatic heterocycles. The summed E-state index contributed by atoms with van der Waals surface area (Å²) in [5, 5.41) is 0. The average molecular weight is 284 g/mol. The molecular formula is C15H22F2N2O. The van der Waals surface area contributed by atoms with E-state index in [-0.39, 0.29) is 5.75 Å². The van der Waals surface area contributed by atoms with Gasteiger partial charge in [-0.25, -0.2) is 0 Å². The summed E-state index contributed by atoms with van der Waals surface area (Å²) in [6.07, 6.45) is 3.36. The van der Waals surface area contributed by atoms with Crippen molar-refractivity contribution < 1.29 is 13.5 Å². The summed E-state index contributed by atoms with van der Waals surface area (Å²) in [5.74, 6) is 0.260. The third kappa shape index (κ3) is 3.67. The number of halogens is 2. The van der Waals surface area contributed by atoms with Crippen molar-refractivity contribution in [2.45, 2.75) is 51.4 Å². The zero-order valence-electron chi connectivity index (χ0n) is 11.8. The van der Waals surface area contributed by atoms with E-state index in [9.17, 15) is 8.78 Å². The maximum atomic E-state index is 12.4. The molecule has 1 aliphatic rings. The Morgan fingerprint density at radius 3 is 2.80 bits per heavy atom. The molecule has 1 fully saturated rings. The smallest absolute Gasteiger partial charge is 0.387 e. The van der Waals surface area contributed by atoms with Crippen molar-refractivity contribution >= 4 is 0 Å². The van der Waals surface area contributed by atoms with Crippen LogP contribution in [-0.4, -0.2) is 30.1 Å². The summed E-state index contributed by atoms with van der Waals surface area (Å²) in [7, 11) is 0. The van der Waals surface area contributed by atoms with Crippen LogP contribution in [0.3, 0.4) is 0 Å². The number of likely N-dealkylation sites (tertiary alicyclic amines) is 1. The molecule has 0 spiro atoms. The van der Waals surface area contributed by atoms with Gasteiger partial charge in [0, 0.05) is 30.7 Å².